The minimum absolute atomic E-state index is 0.699. The van der Waals surface area contributed by atoms with Crippen LogP contribution in [-0.4, -0.2) is 17.5 Å². The number of fused-ring (bicyclic) bond motifs is 1. The van der Waals surface area contributed by atoms with Gasteiger partial charge in [-0.1, -0.05) is 32.9 Å². The van der Waals surface area contributed by atoms with Crippen molar-refractivity contribution in [1.29, 1.82) is 0 Å². The first kappa shape index (κ1) is 12.4. The van der Waals surface area contributed by atoms with Crippen molar-refractivity contribution in [2.45, 2.75) is 46.2 Å². The van der Waals surface area contributed by atoms with E-state index in [9.17, 15) is 0 Å². The lowest BCUT2D eigenvalue weighted by atomic mass is 9.93. The number of hydrogen-bond acceptors (Lipinski definition) is 2. The molecule has 2 N–H and O–H groups in total. The summed E-state index contributed by atoms with van der Waals surface area (Å²) in [7, 11) is 0. The van der Waals surface area contributed by atoms with Crippen LogP contribution in [0.2, 0.25) is 0 Å². The molecule has 1 aliphatic rings. The molecule has 1 unspecified atom stereocenters. The van der Waals surface area contributed by atoms with Crippen LogP contribution >= 0.6 is 0 Å². The molecule has 1 aromatic rings. The van der Waals surface area contributed by atoms with Crippen molar-refractivity contribution in [3.63, 3.8) is 0 Å². The molecule has 2 nitrogen and oxygen atoms in total. The minimum atomic E-state index is 0.699. The first-order valence-electron chi connectivity index (χ1n) is 6.73. The Bertz CT molecular complexity index is 385. The van der Waals surface area contributed by atoms with Gasteiger partial charge in [0.25, 0.3) is 0 Å². The fourth-order valence-electron chi connectivity index (χ4n) is 3.10. The largest absolute Gasteiger partial charge is 0.398 e. The van der Waals surface area contributed by atoms with Crippen molar-refractivity contribution in [1.82, 2.24) is 4.90 Å². The van der Waals surface area contributed by atoms with E-state index in [-0.39, 0.29) is 0 Å². The number of hydrogen-bond donors (Lipinski definition) is 1. The van der Waals surface area contributed by atoms with Gasteiger partial charge in [-0.15, -0.1) is 0 Å². The Kier molecular flexibility index (Phi) is 3.72. The topological polar surface area (TPSA) is 29.3 Å². The summed E-state index contributed by atoms with van der Waals surface area (Å²) in [6.07, 6.45) is 2.33. The summed E-state index contributed by atoms with van der Waals surface area (Å²) in [6, 6.07) is 7.03. The van der Waals surface area contributed by atoms with E-state index < -0.39 is 0 Å². The molecule has 1 aliphatic heterocycles. The SMILES string of the molecule is CCC(C(C)C)N1CCc2c(N)cccc2C1. The molecule has 94 valence electrons. The smallest absolute Gasteiger partial charge is 0.0350 e. The van der Waals surface area contributed by atoms with Gasteiger partial charge in [0.05, 0.1) is 0 Å². The Morgan fingerprint density at radius 3 is 2.76 bits per heavy atom. The Balaban J connectivity index is 2.18. The highest BCUT2D eigenvalue weighted by Gasteiger charge is 2.24. The van der Waals surface area contributed by atoms with Crippen molar-refractivity contribution in [3.8, 4) is 0 Å². The number of nitrogen functional groups attached to an aromatic ring is 1. The highest BCUT2D eigenvalue weighted by atomic mass is 15.2. The van der Waals surface area contributed by atoms with Gasteiger partial charge in [0.15, 0.2) is 0 Å². The maximum absolute atomic E-state index is 6.04. The van der Waals surface area contributed by atoms with Crippen LogP contribution in [0.3, 0.4) is 0 Å². The second kappa shape index (κ2) is 5.09. The molecule has 0 spiro atoms. The van der Waals surface area contributed by atoms with Crippen LogP contribution in [0.1, 0.15) is 38.3 Å². The highest BCUT2D eigenvalue weighted by molar-refractivity contribution is 5.51. The van der Waals surface area contributed by atoms with E-state index in [4.69, 9.17) is 5.73 Å². The number of nitrogens with zero attached hydrogens (tertiary/aromatic N) is 1. The van der Waals surface area contributed by atoms with Gasteiger partial charge in [-0.05, 0) is 36.0 Å². The van der Waals surface area contributed by atoms with Crippen LogP contribution in [0.4, 0.5) is 5.69 Å². The highest BCUT2D eigenvalue weighted by Crippen LogP contribution is 2.27. The molecule has 1 atom stereocenters. The van der Waals surface area contributed by atoms with Crippen LogP contribution in [0.25, 0.3) is 0 Å². The third kappa shape index (κ3) is 2.47. The average molecular weight is 232 g/mol. The van der Waals surface area contributed by atoms with Gasteiger partial charge in [0.2, 0.25) is 0 Å². The average Bonchev–Trinajstić information content (AvgIpc) is 2.29. The van der Waals surface area contributed by atoms with Crippen LogP contribution < -0.4 is 5.73 Å². The van der Waals surface area contributed by atoms with E-state index in [1.165, 1.54) is 17.5 Å². The number of benzene rings is 1. The van der Waals surface area contributed by atoms with Crippen molar-refractivity contribution in [3.05, 3.63) is 29.3 Å². The van der Waals surface area contributed by atoms with Crippen LogP contribution in [-0.2, 0) is 13.0 Å². The quantitative estimate of drug-likeness (QED) is 0.812. The molecule has 1 aromatic carbocycles. The summed E-state index contributed by atoms with van der Waals surface area (Å²) in [5.41, 5.74) is 9.81. The van der Waals surface area contributed by atoms with Crippen molar-refractivity contribution in [2.75, 3.05) is 12.3 Å². The fraction of sp³-hybridized carbons (Fsp3) is 0.600. The maximum Gasteiger partial charge on any atom is 0.0350 e. The van der Waals surface area contributed by atoms with E-state index in [2.05, 4.69) is 37.8 Å². The van der Waals surface area contributed by atoms with Gasteiger partial charge in [-0.3, -0.25) is 4.90 Å². The zero-order valence-corrected chi connectivity index (χ0v) is 11.2. The van der Waals surface area contributed by atoms with Gasteiger partial charge >= 0.3 is 0 Å². The molecule has 2 heteroatoms. The van der Waals surface area contributed by atoms with E-state index in [0.717, 1.165) is 31.1 Å². The van der Waals surface area contributed by atoms with E-state index in [1.807, 2.05) is 6.07 Å². The molecule has 0 aromatic heterocycles. The molecule has 0 radical (unpaired) electrons. The second-order valence-electron chi connectivity index (χ2n) is 5.43. The van der Waals surface area contributed by atoms with Gasteiger partial charge in [0.1, 0.15) is 0 Å². The van der Waals surface area contributed by atoms with E-state index in [1.54, 1.807) is 0 Å². The monoisotopic (exact) mass is 232 g/mol. The van der Waals surface area contributed by atoms with Crippen molar-refractivity contribution in [2.24, 2.45) is 5.92 Å². The molecular weight excluding hydrogens is 208 g/mol. The Morgan fingerprint density at radius 2 is 2.12 bits per heavy atom. The predicted molar refractivity (Wildman–Crippen MR) is 73.9 cm³/mol. The van der Waals surface area contributed by atoms with Crippen LogP contribution in [0.15, 0.2) is 18.2 Å². The Hall–Kier alpha value is -1.02. The first-order chi connectivity index (χ1) is 8.13. The molecule has 0 saturated heterocycles. The zero-order valence-electron chi connectivity index (χ0n) is 11.2. The van der Waals surface area contributed by atoms with Gasteiger partial charge < -0.3 is 5.73 Å². The summed E-state index contributed by atoms with van der Waals surface area (Å²) >= 11 is 0. The number of rotatable bonds is 3. The molecule has 0 fully saturated rings. The number of anilines is 1. The van der Waals surface area contributed by atoms with Crippen molar-refractivity contribution < 1.29 is 0 Å². The molecule has 2 rings (SSSR count). The van der Waals surface area contributed by atoms with Crippen LogP contribution in [0, 0.1) is 5.92 Å². The summed E-state index contributed by atoms with van der Waals surface area (Å²) in [5.74, 6) is 0.725. The molecule has 0 aliphatic carbocycles. The van der Waals surface area contributed by atoms with E-state index >= 15 is 0 Å². The zero-order chi connectivity index (χ0) is 12.4. The molecular formula is C15H24N2. The van der Waals surface area contributed by atoms with Gasteiger partial charge in [-0.2, -0.15) is 0 Å². The third-order valence-corrected chi connectivity index (χ3v) is 3.99. The lowest BCUT2D eigenvalue weighted by Gasteiger charge is -2.37. The summed E-state index contributed by atoms with van der Waals surface area (Å²) in [5, 5.41) is 0. The summed E-state index contributed by atoms with van der Waals surface area (Å²) < 4.78 is 0. The molecule has 0 amide bonds. The third-order valence-electron chi connectivity index (χ3n) is 3.99. The lowest BCUT2D eigenvalue weighted by molar-refractivity contribution is 0.135. The molecule has 1 heterocycles. The second-order valence-corrected chi connectivity index (χ2v) is 5.43. The Labute approximate surface area is 105 Å². The van der Waals surface area contributed by atoms with E-state index in [0.29, 0.717) is 6.04 Å². The first-order valence-corrected chi connectivity index (χ1v) is 6.73. The van der Waals surface area contributed by atoms with Gasteiger partial charge in [0, 0.05) is 24.8 Å². The summed E-state index contributed by atoms with van der Waals surface area (Å²) in [4.78, 5) is 2.62. The normalized spacial score (nSPS) is 18.1. The maximum atomic E-state index is 6.04. The Morgan fingerprint density at radius 1 is 1.35 bits per heavy atom. The van der Waals surface area contributed by atoms with Gasteiger partial charge in [-0.25, -0.2) is 0 Å². The molecule has 0 bridgehead atoms. The predicted octanol–water partition coefficient (Wildman–Crippen LogP) is 3.06. The standard InChI is InChI=1S/C15H24N2/c1-4-15(11(2)3)17-9-8-13-12(10-17)6-5-7-14(13)16/h5-7,11,15H,4,8-10,16H2,1-3H3. The molecule has 17 heavy (non-hydrogen) atoms. The molecule has 0 saturated carbocycles. The fourth-order valence-corrected chi connectivity index (χ4v) is 3.10. The minimum Gasteiger partial charge on any atom is -0.398 e. The van der Waals surface area contributed by atoms with Crippen molar-refractivity contribution >= 4 is 5.69 Å². The summed E-state index contributed by atoms with van der Waals surface area (Å²) in [6.45, 7) is 9.15. The van der Waals surface area contributed by atoms with Crippen LogP contribution in [0.5, 0.6) is 0 Å². The number of nitrogens with two attached hydrogens (primary N) is 1. The lowest BCUT2D eigenvalue weighted by Crippen LogP contribution is -2.42.